The topological polar surface area (TPSA) is 26.0 Å². The van der Waals surface area contributed by atoms with E-state index in [9.17, 15) is 13.2 Å². The minimum Gasteiger partial charge on any atom is -0.330 e. The first-order chi connectivity index (χ1) is 9.99. The van der Waals surface area contributed by atoms with Crippen LogP contribution in [0.25, 0.3) is 11.1 Å². The molecule has 0 spiro atoms. The molecular formula is C17H16F3N. The normalized spacial score (nSPS) is 21.3. The summed E-state index contributed by atoms with van der Waals surface area (Å²) in [5.41, 5.74) is 8.01. The molecule has 3 rings (SSSR count). The zero-order chi connectivity index (χ0) is 15.0. The molecule has 0 aromatic heterocycles. The summed E-state index contributed by atoms with van der Waals surface area (Å²) in [6.07, 6.45) is -3.15. The van der Waals surface area contributed by atoms with Gasteiger partial charge in [-0.1, -0.05) is 36.4 Å². The summed E-state index contributed by atoms with van der Waals surface area (Å²) in [7, 11) is 0. The summed E-state index contributed by atoms with van der Waals surface area (Å²) in [6, 6.07) is 13.3. The van der Waals surface area contributed by atoms with Gasteiger partial charge in [0.2, 0.25) is 0 Å². The third-order valence-corrected chi connectivity index (χ3v) is 4.11. The van der Waals surface area contributed by atoms with E-state index in [-0.39, 0.29) is 0 Å². The van der Waals surface area contributed by atoms with Gasteiger partial charge in [0.25, 0.3) is 0 Å². The summed E-state index contributed by atoms with van der Waals surface area (Å²) in [5.74, 6) is 1.14. The molecule has 0 heterocycles. The lowest BCUT2D eigenvalue weighted by Gasteiger charge is -2.08. The number of nitrogens with two attached hydrogens (primary N) is 1. The molecule has 1 saturated carbocycles. The largest absolute Gasteiger partial charge is 0.416 e. The Morgan fingerprint density at radius 2 is 1.43 bits per heavy atom. The van der Waals surface area contributed by atoms with Gasteiger partial charge in [-0.25, -0.2) is 0 Å². The van der Waals surface area contributed by atoms with Gasteiger partial charge in [-0.3, -0.25) is 0 Å². The number of benzene rings is 2. The average molecular weight is 291 g/mol. The SMILES string of the molecule is NCC1CC1c1ccc(-c2ccc(C(F)(F)F)cc2)cc1. The highest BCUT2D eigenvalue weighted by atomic mass is 19.4. The average Bonchev–Trinajstić information content (AvgIpc) is 3.26. The van der Waals surface area contributed by atoms with Gasteiger partial charge >= 0.3 is 6.18 Å². The van der Waals surface area contributed by atoms with E-state index in [1.165, 1.54) is 17.7 Å². The lowest BCUT2D eigenvalue weighted by atomic mass is 10.0. The molecule has 1 aliphatic carbocycles. The highest BCUT2D eigenvalue weighted by molar-refractivity contribution is 5.64. The van der Waals surface area contributed by atoms with Crippen LogP contribution < -0.4 is 5.73 Å². The third-order valence-electron chi connectivity index (χ3n) is 4.11. The van der Waals surface area contributed by atoms with Crippen LogP contribution in [-0.4, -0.2) is 6.54 Å². The van der Waals surface area contributed by atoms with E-state index >= 15 is 0 Å². The van der Waals surface area contributed by atoms with Crippen molar-refractivity contribution in [3.05, 3.63) is 59.7 Å². The first kappa shape index (κ1) is 14.1. The van der Waals surface area contributed by atoms with Crippen LogP contribution in [0, 0.1) is 5.92 Å². The standard InChI is InChI=1S/C17H16F3N/c18-17(19,20)15-7-5-12(6-8-15)11-1-3-13(4-2-11)16-9-14(16)10-21/h1-8,14,16H,9-10,21H2. The van der Waals surface area contributed by atoms with Gasteiger partial charge in [0.05, 0.1) is 5.56 Å². The molecule has 0 saturated heterocycles. The van der Waals surface area contributed by atoms with Crippen molar-refractivity contribution in [1.82, 2.24) is 0 Å². The minimum absolute atomic E-state index is 0.552. The fourth-order valence-electron chi connectivity index (χ4n) is 2.69. The Hall–Kier alpha value is -1.81. The molecule has 2 aromatic carbocycles. The Morgan fingerprint density at radius 1 is 0.905 bits per heavy atom. The van der Waals surface area contributed by atoms with Crippen molar-refractivity contribution in [2.45, 2.75) is 18.5 Å². The molecule has 110 valence electrons. The molecule has 1 fully saturated rings. The Morgan fingerprint density at radius 3 is 1.86 bits per heavy atom. The predicted octanol–water partition coefficient (Wildman–Crippen LogP) is 4.43. The fraction of sp³-hybridized carbons (Fsp3) is 0.294. The highest BCUT2D eigenvalue weighted by Gasteiger charge is 2.36. The Kier molecular flexibility index (Phi) is 3.49. The monoisotopic (exact) mass is 291 g/mol. The molecule has 0 bridgehead atoms. The fourth-order valence-corrected chi connectivity index (χ4v) is 2.69. The minimum atomic E-state index is -4.29. The molecule has 21 heavy (non-hydrogen) atoms. The van der Waals surface area contributed by atoms with E-state index in [4.69, 9.17) is 5.73 Å². The van der Waals surface area contributed by atoms with Crippen molar-refractivity contribution < 1.29 is 13.2 Å². The van der Waals surface area contributed by atoms with Crippen LogP contribution >= 0.6 is 0 Å². The van der Waals surface area contributed by atoms with Crippen molar-refractivity contribution in [2.24, 2.45) is 11.7 Å². The van der Waals surface area contributed by atoms with Crippen LogP contribution in [0.4, 0.5) is 13.2 Å². The van der Waals surface area contributed by atoms with E-state index in [2.05, 4.69) is 0 Å². The molecule has 0 radical (unpaired) electrons. The van der Waals surface area contributed by atoms with Gasteiger partial charge in [-0.2, -0.15) is 13.2 Å². The van der Waals surface area contributed by atoms with Gasteiger partial charge < -0.3 is 5.73 Å². The maximum Gasteiger partial charge on any atom is 0.416 e. The maximum absolute atomic E-state index is 12.5. The number of rotatable bonds is 3. The first-order valence-electron chi connectivity index (χ1n) is 6.96. The summed E-state index contributed by atoms with van der Waals surface area (Å²) >= 11 is 0. The molecule has 1 aliphatic rings. The maximum atomic E-state index is 12.5. The van der Waals surface area contributed by atoms with Crippen LogP contribution in [-0.2, 0) is 6.18 Å². The van der Waals surface area contributed by atoms with Crippen LogP contribution in [0.2, 0.25) is 0 Å². The van der Waals surface area contributed by atoms with Crippen molar-refractivity contribution in [1.29, 1.82) is 0 Å². The molecule has 2 N–H and O–H groups in total. The van der Waals surface area contributed by atoms with Gasteiger partial charge in [0.15, 0.2) is 0 Å². The van der Waals surface area contributed by atoms with E-state index in [1.807, 2.05) is 24.3 Å². The first-order valence-corrected chi connectivity index (χ1v) is 6.96. The molecule has 1 nitrogen and oxygen atoms in total. The number of halogens is 3. The highest BCUT2D eigenvalue weighted by Crippen LogP contribution is 2.46. The second-order valence-corrected chi connectivity index (χ2v) is 5.54. The molecule has 2 unspecified atom stereocenters. The number of hydrogen-bond donors (Lipinski definition) is 1. The zero-order valence-electron chi connectivity index (χ0n) is 11.4. The quantitative estimate of drug-likeness (QED) is 0.889. The summed E-state index contributed by atoms with van der Waals surface area (Å²) < 4.78 is 37.6. The molecule has 0 aliphatic heterocycles. The Balaban J connectivity index is 1.78. The van der Waals surface area contributed by atoms with Gasteiger partial charge in [0, 0.05) is 0 Å². The summed E-state index contributed by atoms with van der Waals surface area (Å²) in [4.78, 5) is 0. The van der Waals surface area contributed by atoms with Crippen molar-refractivity contribution in [3.63, 3.8) is 0 Å². The van der Waals surface area contributed by atoms with Gasteiger partial charge in [-0.05, 0) is 53.6 Å². The molecular weight excluding hydrogens is 275 g/mol. The number of hydrogen-bond acceptors (Lipinski definition) is 1. The Bertz CT molecular complexity index is 614. The van der Waals surface area contributed by atoms with Crippen molar-refractivity contribution in [3.8, 4) is 11.1 Å². The lowest BCUT2D eigenvalue weighted by Crippen LogP contribution is -2.04. The van der Waals surface area contributed by atoms with E-state index in [0.29, 0.717) is 18.4 Å². The molecule has 0 amide bonds. The van der Waals surface area contributed by atoms with Crippen LogP contribution in [0.5, 0.6) is 0 Å². The van der Waals surface area contributed by atoms with Crippen LogP contribution in [0.3, 0.4) is 0 Å². The Labute approximate surface area is 121 Å². The van der Waals surface area contributed by atoms with Crippen molar-refractivity contribution in [2.75, 3.05) is 6.54 Å². The smallest absolute Gasteiger partial charge is 0.330 e. The second-order valence-electron chi connectivity index (χ2n) is 5.54. The predicted molar refractivity (Wildman–Crippen MR) is 76.8 cm³/mol. The molecule has 2 aromatic rings. The third kappa shape index (κ3) is 2.95. The van der Waals surface area contributed by atoms with Gasteiger partial charge in [0.1, 0.15) is 0 Å². The summed E-state index contributed by atoms with van der Waals surface area (Å²) in [6.45, 7) is 0.714. The second kappa shape index (κ2) is 5.19. The van der Waals surface area contributed by atoms with Crippen LogP contribution in [0.1, 0.15) is 23.5 Å². The lowest BCUT2D eigenvalue weighted by molar-refractivity contribution is -0.137. The van der Waals surface area contributed by atoms with Gasteiger partial charge in [-0.15, -0.1) is 0 Å². The van der Waals surface area contributed by atoms with Crippen LogP contribution in [0.15, 0.2) is 48.5 Å². The zero-order valence-corrected chi connectivity index (χ0v) is 11.4. The van der Waals surface area contributed by atoms with Crippen molar-refractivity contribution >= 4 is 0 Å². The number of alkyl halides is 3. The summed E-state index contributed by atoms with van der Waals surface area (Å²) in [5, 5.41) is 0. The van der Waals surface area contributed by atoms with E-state index in [1.54, 1.807) is 0 Å². The molecule has 2 atom stereocenters. The molecule has 4 heteroatoms. The van der Waals surface area contributed by atoms with E-state index < -0.39 is 11.7 Å². The van der Waals surface area contributed by atoms with E-state index in [0.717, 1.165) is 29.7 Å².